The molecule has 2 nitrogen and oxygen atoms in total. The second kappa shape index (κ2) is 4.63. The van der Waals surface area contributed by atoms with Crippen molar-refractivity contribution in [2.24, 2.45) is 5.92 Å². The Morgan fingerprint density at radius 3 is 2.50 bits per heavy atom. The van der Waals surface area contributed by atoms with Crippen LogP contribution in [0.15, 0.2) is 0 Å². The minimum absolute atomic E-state index is 0.0356. The smallest absolute Gasteiger partial charge is 0.0583 e. The molecule has 1 saturated carbocycles. The summed E-state index contributed by atoms with van der Waals surface area (Å²) < 4.78 is 0. The lowest BCUT2D eigenvalue weighted by Crippen LogP contribution is -2.49. The van der Waals surface area contributed by atoms with Gasteiger partial charge < -0.3 is 10.4 Å². The van der Waals surface area contributed by atoms with E-state index in [9.17, 15) is 5.11 Å². The van der Waals surface area contributed by atoms with Crippen LogP contribution in [0.4, 0.5) is 0 Å². The molecule has 1 aliphatic carbocycles. The molecule has 2 aliphatic rings. The maximum atomic E-state index is 9.97. The minimum Gasteiger partial charge on any atom is -0.393 e. The lowest BCUT2D eigenvalue weighted by Gasteiger charge is -2.39. The fraction of sp³-hybridized carbons (Fsp3) is 1.00. The van der Waals surface area contributed by atoms with Gasteiger partial charge in [0.05, 0.1) is 6.10 Å². The van der Waals surface area contributed by atoms with Gasteiger partial charge in [0, 0.05) is 18.0 Å². The Balaban J connectivity index is 1.91. The van der Waals surface area contributed by atoms with Gasteiger partial charge in [-0.15, -0.1) is 0 Å². The first-order valence-corrected chi connectivity index (χ1v) is 6.21. The molecule has 0 amide bonds. The fourth-order valence-electron chi connectivity index (χ4n) is 3.12. The zero-order valence-electron chi connectivity index (χ0n) is 9.21. The quantitative estimate of drug-likeness (QED) is 0.674. The maximum Gasteiger partial charge on any atom is 0.0583 e. The molecule has 14 heavy (non-hydrogen) atoms. The molecule has 1 saturated heterocycles. The molecular weight excluding hydrogens is 174 g/mol. The Morgan fingerprint density at radius 1 is 1.00 bits per heavy atom. The topological polar surface area (TPSA) is 32.3 Å². The molecule has 0 spiro atoms. The number of nitrogens with one attached hydrogen (secondary N) is 1. The Labute approximate surface area is 87.1 Å². The Bertz CT molecular complexity index is 183. The van der Waals surface area contributed by atoms with Crippen LogP contribution in [0.25, 0.3) is 0 Å². The van der Waals surface area contributed by atoms with Crippen LogP contribution in [-0.4, -0.2) is 23.3 Å². The van der Waals surface area contributed by atoms with Crippen molar-refractivity contribution in [1.29, 1.82) is 0 Å². The van der Waals surface area contributed by atoms with E-state index in [1.807, 2.05) is 0 Å². The van der Waals surface area contributed by atoms with E-state index in [1.54, 1.807) is 0 Å². The van der Waals surface area contributed by atoms with Gasteiger partial charge in [-0.2, -0.15) is 0 Å². The molecule has 1 heterocycles. The van der Waals surface area contributed by atoms with Gasteiger partial charge >= 0.3 is 0 Å². The number of piperidine rings is 1. The first kappa shape index (κ1) is 10.4. The summed E-state index contributed by atoms with van der Waals surface area (Å²) in [6, 6.07) is 1.25. The van der Waals surface area contributed by atoms with Crippen LogP contribution in [-0.2, 0) is 0 Å². The zero-order valence-corrected chi connectivity index (χ0v) is 9.21. The van der Waals surface area contributed by atoms with Crippen molar-refractivity contribution in [2.75, 3.05) is 0 Å². The van der Waals surface area contributed by atoms with E-state index in [1.165, 1.54) is 38.5 Å². The number of aliphatic hydroxyl groups excluding tert-OH is 1. The standard InChI is InChI=1S/C12H23NO/c1-9-5-4-7-11(13-9)10-6-2-3-8-12(10)14/h9-14H,2-8H2,1H3. The van der Waals surface area contributed by atoms with Crippen molar-refractivity contribution in [3.05, 3.63) is 0 Å². The number of rotatable bonds is 1. The van der Waals surface area contributed by atoms with Gasteiger partial charge in [-0.3, -0.25) is 0 Å². The van der Waals surface area contributed by atoms with E-state index in [-0.39, 0.29) is 6.10 Å². The summed E-state index contributed by atoms with van der Waals surface area (Å²) >= 11 is 0. The third-order valence-corrected chi connectivity index (χ3v) is 3.95. The van der Waals surface area contributed by atoms with Gasteiger partial charge in [0.15, 0.2) is 0 Å². The Morgan fingerprint density at radius 2 is 1.79 bits per heavy atom. The minimum atomic E-state index is -0.0356. The molecule has 0 radical (unpaired) electrons. The summed E-state index contributed by atoms with van der Waals surface area (Å²) in [6.07, 6.45) is 8.66. The molecule has 2 N–H and O–H groups in total. The van der Waals surface area contributed by atoms with Gasteiger partial charge in [-0.1, -0.05) is 19.3 Å². The van der Waals surface area contributed by atoms with Gasteiger partial charge in [0.1, 0.15) is 0 Å². The predicted molar refractivity (Wildman–Crippen MR) is 58.2 cm³/mol. The summed E-state index contributed by atoms with van der Waals surface area (Å²) in [7, 11) is 0. The highest BCUT2D eigenvalue weighted by atomic mass is 16.3. The van der Waals surface area contributed by atoms with Crippen LogP contribution in [0.5, 0.6) is 0 Å². The molecule has 82 valence electrons. The molecule has 2 heteroatoms. The van der Waals surface area contributed by atoms with Crippen molar-refractivity contribution in [3.63, 3.8) is 0 Å². The highest BCUT2D eigenvalue weighted by molar-refractivity contribution is 4.88. The Kier molecular flexibility index (Phi) is 3.45. The summed E-state index contributed by atoms with van der Waals surface area (Å²) in [5.74, 6) is 0.534. The molecule has 2 rings (SSSR count). The van der Waals surface area contributed by atoms with Crippen LogP contribution in [0, 0.1) is 5.92 Å². The third kappa shape index (κ3) is 2.29. The second-order valence-corrected chi connectivity index (χ2v) is 5.12. The SMILES string of the molecule is CC1CCCC(C2CCCCC2O)N1. The van der Waals surface area contributed by atoms with Gasteiger partial charge in [-0.05, 0) is 32.6 Å². The fourth-order valence-corrected chi connectivity index (χ4v) is 3.12. The van der Waals surface area contributed by atoms with Crippen LogP contribution >= 0.6 is 0 Å². The molecule has 2 fully saturated rings. The van der Waals surface area contributed by atoms with Crippen LogP contribution in [0.2, 0.25) is 0 Å². The van der Waals surface area contributed by atoms with E-state index in [2.05, 4.69) is 12.2 Å². The van der Waals surface area contributed by atoms with E-state index in [0.29, 0.717) is 18.0 Å². The van der Waals surface area contributed by atoms with Gasteiger partial charge in [0.25, 0.3) is 0 Å². The van der Waals surface area contributed by atoms with E-state index in [0.717, 1.165) is 6.42 Å². The largest absolute Gasteiger partial charge is 0.393 e. The van der Waals surface area contributed by atoms with Crippen molar-refractivity contribution < 1.29 is 5.11 Å². The monoisotopic (exact) mass is 197 g/mol. The van der Waals surface area contributed by atoms with Gasteiger partial charge in [-0.25, -0.2) is 0 Å². The van der Waals surface area contributed by atoms with Crippen LogP contribution in [0.3, 0.4) is 0 Å². The molecule has 4 unspecified atom stereocenters. The summed E-state index contributed by atoms with van der Waals surface area (Å²) in [5.41, 5.74) is 0. The van der Waals surface area contributed by atoms with Crippen LogP contribution < -0.4 is 5.32 Å². The highest BCUT2D eigenvalue weighted by Crippen LogP contribution is 2.31. The number of hydrogen-bond acceptors (Lipinski definition) is 2. The molecule has 0 aromatic carbocycles. The predicted octanol–water partition coefficient (Wildman–Crippen LogP) is 2.07. The molecule has 0 aromatic rings. The van der Waals surface area contributed by atoms with Gasteiger partial charge in [0.2, 0.25) is 0 Å². The van der Waals surface area contributed by atoms with Crippen molar-refractivity contribution in [3.8, 4) is 0 Å². The van der Waals surface area contributed by atoms with E-state index < -0.39 is 0 Å². The normalized spacial score (nSPS) is 45.0. The second-order valence-electron chi connectivity index (χ2n) is 5.12. The lowest BCUT2D eigenvalue weighted by atomic mass is 9.78. The summed E-state index contributed by atoms with van der Waals surface area (Å²) in [5, 5.41) is 13.6. The van der Waals surface area contributed by atoms with E-state index in [4.69, 9.17) is 0 Å². The lowest BCUT2D eigenvalue weighted by molar-refractivity contribution is 0.0382. The number of hydrogen-bond donors (Lipinski definition) is 2. The third-order valence-electron chi connectivity index (χ3n) is 3.95. The van der Waals surface area contributed by atoms with Crippen LogP contribution in [0.1, 0.15) is 51.9 Å². The average molecular weight is 197 g/mol. The summed E-state index contributed by atoms with van der Waals surface area (Å²) in [6.45, 7) is 2.27. The highest BCUT2D eigenvalue weighted by Gasteiger charge is 2.32. The van der Waals surface area contributed by atoms with Crippen molar-refractivity contribution >= 4 is 0 Å². The molecule has 0 bridgehead atoms. The Hall–Kier alpha value is -0.0800. The molecule has 4 atom stereocenters. The van der Waals surface area contributed by atoms with Crippen molar-refractivity contribution in [1.82, 2.24) is 5.32 Å². The molecule has 1 aliphatic heterocycles. The van der Waals surface area contributed by atoms with E-state index >= 15 is 0 Å². The summed E-state index contributed by atoms with van der Waals surface area (Å²) in [4.78, 5) is 0. The maximum absolute atomic E-state index is 9.97. The molecule has 0 aromatic heterocycles. The average Bonchev–Trinajstić information content (AvgIpc) is 2.18. The number of aliphatic hydroxyl groups is 1. The first-order valence-electron chi connectivity index (χ1n) is 6.21. The first-order chi connectivity index (χ1) is 6.77. The van der Waals surface area contributed by atoms with Crippen molar-refractivity contribution in [2.45, 2.75) is 70.1 Å². The molecular formula is C12H23NO. The zero-order chi connectivity index (χ0) is 9.97.